The van der Waals surface area contributed by atoms with Crippen LogP contribution in [0.1, 0.15) is 0 Å². The number of benzene rings is 1. The number of aryl methyl sites for hydroxylation is 1. The van der Waals surface area contributed by atoms with Crippen LogP contribution in [0, 0.1) is 0 Å². The Morgan fingerprint density at radius 2 is 1.95 bits per heavy atom. The fourth-order valence-electron chi connectivity index (χ4n) is 1.94. The molecule has 0 unspecified atom stereocenters. The van der Waals surface area contributed by atoms with Crippen molar-refractivity contribution in [2.75, 3.05) is 0 Å². The smallest absolute Gasteiger partial charge is 0.119 e. The lowest BCUT2D eigenvalue weighted by Crippen LogP contribution is -1.89. The molecule has 2 aromatic heterocycles. The Bertz CT molecular complexity index is 737. The third kappa shape index (κ3) is 2.54. The summed E-state index contributed by atoms with van der Waals surface area (Å²) < 4.78 is 1.76. The van der Waals surface area contributed by atoms with Crippen molar-refractivity contribution in [3.63, 3.8) is 0 Å². The standard InChI is InChI=1S/C13H9Cl2N3.ClH/c1-18-7-8-4-5-16-13(12(8)17-18)10-3-2-9(14)6-11(10)15;/h2-7H,1H3;1H. The third-order valence-electron chi connectivity index (χ3n) is 2.73. The van der Waals surface area contributed by atoms with E-state index in [4.69, 9.17) is 23.2 Å². The second kappa shape index (κ2) is 5.37. The monoisotopic (exact) mass is 313 g/mol. The maximum absolute atomic E-state index is 6.21. The summed E-state index contributed by atoms with van der Waals surface area (Å²) in [7, 11) is 1.88. The normalized spacial score (nSPS) is 10.5. The number of rotatable bonds is 1. The number of pyridine rings is 1. The molecule has 3 rings (SSSR count). The molecule has 0 aliphatic heterocycles. The molecule has 0 spiro atoms. The molecule has 98 valence electrons. The number of nitrogens with zero attached hydrogens (tertiary/aromatic N) is 3. The van der Waals surface area contributed by atoms with Crippen molar-refractivity contribution in [2.45, 2.75) is 0 Å². The van der Waals surface area contributed by atoms with E-state index in [9.17, 15) is 0 Å². The Hall–Kier alpha value is -1.29. The van der Waals surface area contributed by atoms with Crippen molar-refractivity contribution in [2.24, 2.45) is 7.05 Å². The van der Waals surface area contributed by atoms with Crippen molar-refractivity contribution < 1.29 is 0 Å². The second-order valence-electron chi connectivity index (χ2n) is 4.02. The largest absolute Gasteiger partial charge is 0.275 e. The molecule has 0 amide bonds. The molecule has 0 atom stereocenters. The van der Waals surface area contributed by atoms with Crippen molar-refractivity contribution >= 4 is 46.5 Å². The highest BCUT2D eigenvalue weighted by Gasteiger charge is 2.11. The van der Waals surface area contributed by atoms with Gasteiger partial charge in [-0.25, -0.2) is 0 Å². The number of fused-ring (bicyclic) bond motifs is 1. The molecule has 1 aromatic carbocycles. The van der Waals surface area contributed by atoms with Crippen LogP contribution >= 0.6 is 35.6 Å². The number of hydrogen-bond acceptors (Lipinski definition) is 2. The predicted octanol–water partition coefficient (Wildman–Crippen LogP) is 4.36. The summed E-state index contributed by atoms with van der Waals surface area (Å²) in [5.41, 5.74) is 2.45. The molecule has 0 saturated carbocycles. The van der Waals surface area contributed by atoms with Crippen LogP contribution in [0.5, 0.6) is 0 Å². The summed E-state index contributed by atoms with van der Waals surface area (Å²) >= 11 is 12.1. The third-order valence-corrected chi connectivity index (χ3v) is 3.27. The lowest BCUT2D eigenvalue weighted by atomic mass is 10.1. The Morgan fingerprint density at radius 3 is 2.68 bits per heavy atom. The lowest BCUT2D eigenvalue weighted by molar-refractivity contribution is 0.779. The van der Waals surface area contributed by atoms with Gasteiger partial charge in [-0.3, -0.25) is 9.67 Å². The zero-order chi connectivity index (χ0) is 12.7. The van der Waals surface area contributed by atoms with Crippen molar-refractivity contribution in [3.8, 4) is 11.3 Å². The van der Waals surface area contributed by atoms with Gasteiger partial charge in [0.05, 0.1) is 10.7 Å². The van der Waals surface area contributed by atoms with Gasteiger partial charge in [-0.2, -0.15) is 5.10 Å². The summed E-state index contributed by atoms with van der Waals surface area (Å²) in [6, 6.07) is 7.30. The summed E-state index contributed by atoms with van der Waals surface area (Å²) in [6.45, 7) is 0. The van der Waals surface area contributed by atoms with Gasteiger partial charge in [0.25, 0.3) is 0 Å². The van der Waals surface area contributed by atoms with Gasteiger partial charge in [0.15, 0.2) is 0 Å². The van der Waals surface area contributed by atoms with Gasteiger partial charge in [0.1, 0.15) is 5.52 Å². The topological polar surface area (TPSA) is 30.7 Å². The second-order valence-corrected chi connectivity index (χ2v) is 4.87. The summed E-state index contributed by atoms with van der Waals surface area (Å²) in [5.74, 6) is 0. The van der Waals surface area contributed by atoms with Crippen molar-refractivity contribution in [1.29, 1.82) is 0 Å². The fourth-order valence-corrected chi connectivity index (χ4v) is 2.44. The molecule has 0 fully saturated rings. The highest BCUT2D eigenvalue weighted by molar-refractivity contribution is 6.36. The van der Waals surface area contributed by atoms with Gasteiger partial charge in [-0.1, -0.05) is 23.2 Å². The Labute approximate surface area is 126 Å². The maximum atomic E-state index is 6.21. The molecule has 3 nitrogen and oxygen atoms in total. The van der Waals surface area contributed by atoms with E-state index in [1.165, 1.54) is 0 Å². The molecule has 0 N–H and O–H groups in total. The van der Waals surface area contributed by atoms with E-state index in [2.05, 4.69) is 10.1 Å². The zero-order valence-electron chi connectivity index (χ0n) is 9.97. The summed E-state index contributed by atoms with van der Waals surface area (Å²) in [4.78, 5) is 4.38. The minimum absolute atomic E-state index is 0. The van der Waals surface area contributed by atoms with E-state index in [-0.39, 0.29) is 12.4 Å². The van der Waals surface area contributed by atoms with Crippen LogP contribution in [0.3, 0.4) is 0 Å². The molecular formula is C13H10Cl3N3. The first-order chi connectivity index (χ1) is 8.65. The quantitative estimate of drug-likeness (QED) is 0.668. The number of aromatic nitrogens is 3. The van der Waals surface area contributed by atoms with Crippen LogP contribution < -0.4 is 0 Å². The minimum atomic E-state index is 0. The minimum Gasteiger partial charge on any atom is -0.275 e. The van der Waals surface area contributed by atoms with Gasteiger partial charge >= 0.3 is 0 Å². The molecule has 0 radical (unpaired) electrons. The van der Waals surface area contributed by atoms with Crippen molar-refractivity contribution in [1.82, 2.24) is 14.8 Å². The van der Waals surface area contributed by atoms with Gasteiger partial charge in [0.2, 0.25) is 0 Å². The SMILES string of the molecule is Cl.Cn1cc2ccnc(-c3ccc(Cl)cc3Cl)c2n1. The fraction of sp³-hybridized carbons (Fsp3) is 0.0769. The number of hydrogen-bond donors (Lipinski definition) is 0. The van der Waals surface area contributed by atoms with E-state index in [0.29, 0.717) is 10.0 Å². The lowest BCUT2D eigenvalue weighted by Gasteiger charge is -2.04. The predicted molar refractivity (Wildman–Crippen MR) is 81.2 cm³/mol. The first-order valence-corrected chi connectivity index (χ1v) is 6.14. The first-order valence-electron chi connectivity index (χ1n) is 5.39. The van der Waals surface area contributed by atoms with E-state index in [0.717, 1.165) is 22.2 Å². The van der Waals surface area contributed by atoms with Gasteiger partial charge in [-0.05, 0) is 24.3 Å². The molecule has 6 heteroatoms. The van der Waals surface area contributed by atoms with E-state index in [1.807, 2.05) is 25.4 Å². The van der Waals surface area contributed by atoms with Gasteiger partial charge in [0, 0.05) is 35.4 Å². The average molecular weight is 315 g/mol. The Balaban J connectivity index is 0.00000133. The molecule has 3 aromatic rings. The maximum Gasteiger partial charge on any atom is 0.119 e. The zero-order valence-corrected chi connectivity index (χ0v) is 12.3. The van der Waals surface area contributed by atoms with Crippen LogP contribution in [0.15, 0.2) is 36.7 Å². The first kappa shape index (κ1) is 14.1. The molecule has 19 heavy (non-hydrogen) atoms. The van der Waals surface area contributed by atoms with E-state index in [1.54, 1.807) is 23.0 Å². The van der Waals surface area contributed by atoms with E-state index < -0.39 is 0 Å². The highest BCUT2D eigenvalue weighted by Crippen LogP contribution is 2.32. The molecule has 0 aliphatic carbocycles. The molecule has 2 heterocycles. The van der Waals surface area contributed by atoms with E-state index >= 15 is 0 Å². The summed E-state index contributed by atoms with van der Waals surface area (Å²) in [6.07, 6.45) is 3.70. The molecular weight excluding hydrogens is 305 g/mol. The summed E-state index contributed by atoms with van der Waals surface area (Å²) in [5, 5.41) is 6.64. The van der Waals surface area contributed by atoms with Crippen LogP contribution in [-0.4, -0.2) is 14.8 Å². The highest BCUT2D eigenvalue weighted by atomic mass is 35.5. The van der Waals surface area contributed by atoms with Crippen LogP contribution in [-0.2, 0) is 7.05 Å². The molecule has 0 bridgehead atoms. The van der Waals surface area contributed by atoms with Gasteiger partial charge < -0.3 is 0 Å². The van der Waals surface area contributed by atoms with Crippen LogP contribution in [0.4, 0.5) is 0 Å². The number of halogens is 3. The molecule has 0 aliphatic rings. The Kier molecular flexibility index (Phi) is 3.99. The van der Waals surface area contributed by atoms with Gasteiger partial charge in [-0.15, -0.1) is 12.4 Å². The van der Waals surface area contributed by atoms with Crippen LogP contribution in [0.25, 0.3) is 22.2 Å². The average Bonchev–Trinajstić information content (AvgIpc) is 2.69. The Morgan fingerprint density at radius 1 is 1.16 bits per heavy atom. The van der Waals surface area contributed by atoms with Crippen LogP contribution in [0.2, 0.25) is 10.0 Å². The molecule has 0 saturated heterocycles. The van der Waals surface area contributed by atoms with Crippen molar-refractivity contribution in [3.05, 3.63) is 46.7 Å².